The first-order valence-electron chi connectivity index (χ1n) is 6.21. The van der Waals surface area contributed by atoms with Gasteiger partial charge in [-0.2, -0.15) is 0 Å². The van der Waals surface area contributed by atoms with E-state index < -0.39 is 7.25 Å². The van der Waals surface area contributed by atoms with Crippen molar-refractivity contribution >= 4 is 44.8 Å². The molecule has 2 heterocycles. The standard InChI is InChI=1S/C12H9Br2N4.BF4/c1-8-12-15-6-10(14)7-17(12)18(16-8)11-4-2-9(13)3-5-11;2-1(3,4)5/h2-7H,1H3;/q+1;-1. The Balaban J connectivity index is 0.000000338. The van der Waals surface area contributed by atoms with E-state index in [-0.39, 0.29) is 0 Å². The van der Waals surface area contributed by atoms with Crippen molar-refractivity contribution in [3.8, 4) is 5.69 Å². The molecule has 122 valence electrons. The highest BCUT2D eigenvalue weighted by molar-refractivity contribution is 9.10. The van der Waals surface area contributed by atoms with Gasteiger partial charge in [-0.05, 0) is 45.3 Å². The fourth-order valence-electron chi connectivity index (χ4n) is 1.79. The first-order chi connectivity index (χ1) is 10.6. The van der Waals surface area contributed by atoms with Crippen LogP contribution < -0.4 is 4.52 Å². The lowest BCUT2D eigenvalue weighted by molar-refractivity contribution is -0.606. The predicted octanol–water partition coefficient (Wildman–Crippen LogP) is 4.14. The molecular formula is C12H9BBr2F4N4. The maximum atomic E-state index is 9.75. The molecule has 1 aromatic carbocycles. The number of fused-ring (bicyclic) bond motifs is 1. The van der Waals surface area contributed by atoms with E-state index in [1.165, 1.54) is 0 Å². The van der Waals surface area contributed by atoms with E-state index in [0.717, 1.165) is 26.0 Å². The van der Waals surface area contributed by atoms with Gasteiger partial charge in [-0.3, -0.25) is 0 Å². The Kier molecular flexibility index (Phi) is 5.40. The predicted molar refractivity (Wildman–Crippen MR) is 84.8 cm³/mol. The highest BCUT2D eigenvalue weighted by Crippen LogP contribution is 2.14. The van der Waals surface area contributed by atoms with Crippen molar-refractivity contribution in [3.63, 3.8) is 0 Å². The molecule has 0 atom stereocenters. The molecule has 0 aliphatic heterocycles. The molecule has 0 aliphatic carbocycles. The van der Waals surface area contributed by atoms with E-state index in [4.69, 9.17) is 0 Å². The Labute approximate surface area is 145 Å². The van der Waals surface area contributed by atoms with Crippen molar-refractivity contribution in [1.29, 1.82) is 0 Å². The van der Waals surface area contributed by atoms with Crippen LogP contribution in [0, 0.1) is 6.92 Å². The summed E-state index contributed by atoms with van der Waals surface area (Å²) in [5.74, 6) is 0. The van der Waals surface area contributed by atoms with Gasteiger partial charge in [-0.1, -0.05) is 20.7 Å². The van der Waals surface area contributed by atoms with Gasteiger partial charge in [-0.25, -0.2) is 0 Å². The lowest BCUT2D eigenvalue weighted by Crippen LogP contribution is -2.32. The minimum atomic E-state index is -6.00. The zero-order chi connectivity index (χ0) is 17.2. The zero-order valence-electron chi connectivity index (χ0n) is 11.6. The van der Waals surface area contributed by atoms with Gasteiger partial charge in [0.25, 0.3) is 0 Å². The van der Waals surface area contributed by atoms with E-state index in [1.807, 2.05) is 46.7 Å². The molecule has 0 saturated carbocycles. The summed E-state index contributed by atoms with van der Waals surface area (Å²) in [7, 11) is -6.00. The van der Waals surface area contributed by atoms with Crippen LogP contribution in [0.15, 0.2) is 45.6 Å². The van der Waals surface area contributed by atoms with Crippen LogP contribution in [0.5, 0.6) is 0 Å². The van der Waals surface area contributed by atoms with Crippen LogP contribution in [0.4, 0.5) is 17.3 Å². The number of hydrogen-bond acceptors (Lipinski definition) is 2. The summed E-state index contributed by atoms with van der Waals surface area (Å²) in [6.07, 6.45) is 3.72. The van der Waals surface area contributed by atoms with Crippen LogP contribution in [0.25, 0.3) is 11.3 Å². The molecule has 0 spiro atoms. The lowest BCUT2D eigenvalue weighted by atomic mass is 10.3. The van der Waals surface area contributed by atoms with Crippen LogP contribution in [-0.2, 0) is 0 Å². The third-order valence-corrected chi connectivity index (χ3v) is 3.54. The van der Waals surface area contributed by atoms with Crippen molar-refractivity contribution in [3.05, 3.63) is 51.3 Å². The van der Waals surface area contributed by atoms with Crippen LogP contribution in [-0.4, -0.2) is 22.1 Å². The minimum absolute atomic E-state index is 0.848. The van der Waals surface area contributed by atoms with Crippen molar-refractivity contribution in [2.24, 2.45) is 0 Å². The van der Waals surface area contributed by atoms with Crippen LogP contribution in [0.1, 0.15) is 5.69 Å². The molecule has 2 aromatic heterocycles. The summed E-state index contributed by atoms with van der Waals surface area (Å²) in [6, 6.07) is 7.99. The van der Waals surface area contributed by atoms with Crippen molar-refractivity contribution in [2.45, 2.75) is 6.92 Å². The normalized spacial score (nSPS) is 11.3. The molecular weight excluding hydrogens is 447 g/mol. The number of hydrogen-bond donors (Lipinski definition) is 0. The molecule has 0 N–H and O–H groups in total. The molecule has 0 unspecified atom stereocenters. The van der Waals surface area contributed by atoms with E-state index in [9.17, 15) is 17.3 Å². The fourth-order valence-corrected chi connectivity index (χ4v) is 2.35. The largest absolute Gasteiger partial charge is 0.673 e. The quantitative estimate of drug-likeness (QED) is 0.314. The topological polar surface area (TPSA) is 34.8 Å². The number of aryl methyl sites for hydroxylation is 1. The molecule has 11 heteroatoms. The van der Waals surface area contributed by atoms with Crippen LogP contribution in [0.3, 0.4) is 0 Å². The highest BCUT2D eigenvalue weighted by Gasteiger charge is 2.20. The summed E-state index contributed by atoms with van der Waals surface area (Å²) in [6.45, 7) is 1.95. The van der Waals surface area contributed by atoms with Gasteiger partial charge in [0.2, 0.25) is 5.69 Å². The van der Waals surface area contributed by atoms with Gasteiger partial charge in [0.05, 0.1) is 4.47 Å². The van der Waals surface area contributed by atoms with Gasteiger partial charge in [0.1, 0.15) is 18.1 Å². The van der Waals surface area contributed by atoms with Crippen molar-refractivity contribution in [1.82, 2.24) is 14.9 Å². The molecule has 0 fully saturated rings. The molecule has 23 heavy (non-hydrogen) atoms. The second-order valence-corrected chi connectivity index (χ2v) is 6.22. The van der Waals surface area contributed by atoms with Crippen LogP contribution in [0.2, 0.25) is 0 Å². The number of nitrogens with zero attached hydrogens (tertiary/aromatic N) is 4. The zero-order valence-corrected chi connectivity index (χ0v) is 14.8. The molecule has 0 aliphatic rings. The Bertz CT molecular complexity index is 814. The first-order valence-corrected chi connectivity index (χ1v) is 7.80. The molecule has 0 saturated heterocycles. The molecule has 4 nitrogen and oxygen atoms in total. The minimum Gasteiger partial charge on any atom is -0.418 e. The highest BCUT2D eigenvalue weighted by atomic mass is 79.9. The second kappa shape index (κ2) is 6.96. The van der Waals surface area contributed by atoms with Crippen LogP contribution >= 0.6 is 31.9 Å². The Hall–Kier alpha value is -1.49. The van der Waals surface area contributed by atoms with Crippen molar-refractivity contribution < 1.29 is 21.8 Å². The average molecular weight is 456 g/mol. The maximum absolute atomic E-state index is 9.75. The van der Waals surface area contributed by atoms with E-state index in [2.05, 4.69) is 41.9 Å². The Morgan fingerprint density at radius 2 is 1.61 bits per heavy atom. The van der Waals surface area contributed by atoms with E-state index in [0.29, 0.717) is 0 Å². The summed E-state index contributed by atoms with van der Waals surface area (Å²) < 4.78 is 42.9. The maximum Gasteiger partial charge on any atom is 0.673 e. The Morgan fingerprint density at radius 1 is 1.04 bits per heavy atom. The molecule has 0 amide bonds. The first kappa shape index (κ1) is 17.9. The fraction of sp³-hybridized carbons (Fsp3) is 0.0833. The summed E-state index contributed by atoms with van der Waals surface area (Å²) >= 11 is 6.86. The van der Waals surface area contributed by atoms with E-state index >= 15 is 0 Å². The molecule has 3 rings (SSSR count). The third kappa shape index (κ3) is 5.00. The SMILES string of the molecule is Cc1nn(-c2ccc(Br)cc2)[n+]2cc(Br)cnc12.F[B-](F)(F)F. The monoisotopic (exact) mass is 454 g/mol. The molecule has 3 aromatic rings. The average Bonchev–Trinajstić information content (AvgIpc) is 2.74. The van der Waals surface area contributed by atoms with Gasteiger partial charge in [-0.15, -0.1) is 9.50 Å². The van der Waals surface area contributed by atoms with Gasteiger partial charge < -0.3 is 17.3 Å². The van der Waals surface area contributed by atoms with Gasteiger partial charge in [0, 0.05) is 11.4 Å². The lowest BCUT2D eigenvalue weighted by Gasteiger charge is -1.98. The number of halogens is 6. The summed E-state index contributed by atoms with van der Waals surface area (Å²) in [4.78, 5) is 6.20. The number of benzene rings is 1. The van der Waals surface area contributed by atoms with E-state index in [1.54, 1.807) is 6.20 Å². The molecule has 0 bridgehead atoms. The number of rotatable bonds is 1. The smallest absolute Gasteiger partial charge is 0.418 e. The second-order valence-electron chi connectivity index (χ2n) is 4.39. The van der Waals surface area contributed by atoms with Gasteiger partial charge >= 0.3 is 12.9 Å². The summed E-state index contributed by atoms with van der Waals surface area (Å²) in [5.41, 5.74) is 2.73. The summed E-state index contributed by atoms with van der Waals surface area (Å²) in [5, 5.41) is 4.51. The third-order valence-electron chi connectivity index (χ3n) is 2.60. The number of aromatic nitrogens is 4. The Morgan fingerprint density at radius 3 is 2.17 bits per heavy atom. The van der Waals surface area contributed by atoms with Crippen molar-refractivity contribution in [2.75, 3.05) is 0 Å². The molecule has 0 radical (unpaired) electrons. The van der Waals surface area contributed by atoms with Gasteiger partial charge in [0.15, 0.2) is 0 Å².